The molecule has 1 saturated heterocycles. The molecular weight excluding hydrogens is 326 g/mol. The van der Waals surface area contributed by atoms with Gasteiger partial charge >= 0.3 is 6.09 Å². The van der Waals surface area contributed by atoms with Crippen LogP contribution >= 0.6 is 0 Å². The van der Waals surface area contributed by atoms with Crippen molar-refractivity contribution in [3.8, 4) is 11.1 Å². The van der Waals surface area contributed by atoms with Crippen molar-refractivity contribution in [2.75, 3.05) is 13.1 Å². The van der Waals surface area contributed by atoms with E-state index >= 15 is 0 Å². The maximum atomic E-state index is 12.1. The molecule has 1 fully saturated rings. The molecule has 138 valence electrons. The normalized spacial score (nSPS) is 17.3. The average Bonchev–Trinajstić information content (AvgIpc) is 3.09. The zero-order valence-electron chi connectivity index (χ0n) is 15.8. The smallest absolute Gasteiger partial charge is 0.410 e. The van der Waals surface area contributed by atoms with Crippen LogP contribution in [0.5, 0.6) is 0 Å². The fourth-order valence-electron chi connectivity index (χ4n) is 2.99. The van der Waals surface area contributed by atoms with Crippen molar-refractivity contribution in [3.05, 3.63) is 60.2 Å². The summed E-state index contributed by atoms with van der Waals surface area (Å²) >= 11 is 0. The van der Waals surface area contributed by atoms with Gasteiger partial charge in [0.15, 0.2) is 0 Å². The number of likely N-dealkylation sites (tertiary alicyclic amines) is 1. The highest BCUT2D eigenvalue weighted by Crippen LogP contribution is 2.21. The third-order valence-corrected chi connectivity index (χ3v) is 4.34. The molecule has 2 aromatic rings. The number of nitrogens with zero attached hydrogens (tertiary/aromatic N) is 1. The molecule has 26 heavy (non-hydrogen) atoms. The van der Waals surface area contributed by atoms with Gasteiger partial charge in [0.25, 0.3) is 0 Å². The topological polar surface area (TPSA) is 38.8 Å². The number of rotatable bonds is 4. The fraction of sp³-hybridized carbons (Fsp3) is 0.409. The van der Waals surface area contributed by atoms with Gasteiger partial charge in [-0.3, -0.25) is 0 Å². The Labute approximate surface area is 155 Å². The van der Waals surface area contributed by atoms with Crippen LogP contribution < -0.4 is 0 Å². The molecule has 0 saturated carbocycles. The molecule has 1 aliphatic rings. The lowest BCUT2D eigenvalue weighted by Gasteiger charge is -2.24. The third-order valence-electron chi connectivity index (χ3n) is 4.34. The van der Waals surface area contributed by atoms with Crippen molar-refractivity contribution in [1.29, 1.82) is 0 Å². The molecule has 3 rings (SSSR count). The van der Waals surface area contributed by atoms with Crippen LogP contribution in [-0.4, -0.2) is 35.8 Å². The van der Waals surface area contributed by atoms with Crippen molar-refractivity contribution < 1.29 is 14.3 Å². The van der Waals surface area contributed by atoms with E-state index < -0.39 is 5.60 Å². The summed E-state index contributed by atoms with van der Waals surface area (Å²) in [7, 11) is 0. The molecule has 1 heterocycles. The quantitative estimate of drug-likeness (QED) is 0.786. The van der Waals surface area contributed by atoms with Crippen LogP contribution in [0.25, 0.3) is 11.1 Å². The Morgan fingerprint density at radius 3 is 2.35 bits per heavy atom. The van der Waals surface area contributed by atoms with Gasteiger partial charge in [-0.05, 0) is 43.9 Å². The minimum atomic E-state index is -0.462. The Morgan fingerprint density at radius 1 is 1.04 bits per heavy atom. The molecule has 2 aromatic carbocycles. The molecule has 0 aromatic heterocycles. The fourth-order valence-corrected chi connectivity index (χ4v) is 2.99. The van der Waals surface area contributed by atoms with E-state index in [0.29, 0.717) is 19.7 Å². The lowest BCUT2D eigenvalue weighted by atomic mass is 10.0. The summed E-state index contributed by atoms with van der Waals surface area (Å²) in [5, 5.41) is 0. The Kier molecular flexibility index (Phi) is 5.62. The van der Waals surface area contributed by atoms with Gasteiger partial charge in [0.2, 0.25) is 0 Å². The zero-order valence-corrected chi connectivity index (χ0v) is 15.8. The number of benzene rings is 2. The van der Waals surface area contributed by atoms with Crippen LogP contribution in [0.4, 0.5) is 4.79 Å². The largest absolute Gasteiger partial charge is 0.444 e. The van der Waals surface area contributed by atoms with E-state index in [2.05, 4.69) is 36.4 Å². The lowest BCUT2D eigenvalue weighted by Crippen LogP contribution is -2.36. The maximum Gasteiger partial charge on any atom is 0.410 e. The average molecular weight is 353 g/mol. The van der Waals surface area contributed by atoms with Crippen LogP contribution in [0, 0.1) is 0 Å². The summed E-state index contributed by atoms with van der Waals surface area (Å²) in [6, 6.07) is 18.8. The first-order valence-corrected chi connectivity index (χ1v) is 9.14. The predicted molar refractivity (Wildman–Crippen MR) is 103 cm³/mol. The third kappa shape index (κ3) is 5.09. The SMILES string of the molecule is CC(C)(C)OC(=O)N1CC[C@@H](OCc2ccc(-c3ccccc3)cc2)C1. The first kappa shape index (κ1) is 18.5. The molecular formula is C22H27NO3. The second-order valence-electron chi connectivity index (χ2n) is 7.71. The molecule has 0 bridgehead atoms. The van der Waals surface area contributed by atoms with Crippen molar-refractivity contribution in [2.24, 2.45) is 0 Å². The van der Waals surface area contributed by atoms with E-state index in [4.69, 9.17) is 9.47 Å². The number of hydrogen-bond acceptors (Lipinski definition) is 3. The Morgan fingerprint density at radius 2 is 1.69 bits per heavy atom. The molecule has 0 radical (unpaired) electrons. The van der Waals surface area contributed by atoms with E-state index in [9.17, 15) is 4.79 Å². The molecule has 0 unspecified atom stereocenters. The summed E-state index contributed by atoms with van der Waals surface area (Å²) in [5.74, 6) is 0. The zero-order chi connectivity index (χ0) is 18.6. The molecule has 1 amide bonds. The van der Waals surface area contributed by atoms with Gasteiger partial charge in [0.1, 0.15) is 5.60 Å². The van der Waals surface area contributed by atoms with Crippen molar-refractivity contribution in [1.82, 2.24) is 4.90 Å². The van der Waals surface area contributed by atoms with Crippen LogP contribution in [0.2, 0.25) is 0 Å². The number of carbonyl (C=O) groups is 1. The number of ether oxygens (including phenoxy) is 2. The molecule has 1 atom stereocenters. The highest BCUT2D eigenvalue weighted by atomic mass is 16.6. The van der Waals surface area contributed by atoms with E-state index in [0.717, 1.165) is 12.0 Å². The predicted octanol–water partition coefficient (Wildman–Crippen LogP) is 4.88. The minimum Gasteiger partial charge on any atom is -0.444 e. The van der Waals surface area contributed by atoms with Crippen molar-refractivity contribution in [2.45, 2.75) is 45.5 Å². The van der Waals surface area contributed by atoms with Crippen LogP contribution in [0.15, 0.2) is 54.6 Å². The summed E-state index contributed by atoms with van der Waals surface area (Å²) in [6.07, 6.45) is 0.661. The van der Waals surface area contributed by atoms with E-state index in [-0.39, 0.29) is 12.2 Å². The molecule has 0 spiro atoms. The number of carbonyl (C=O) groups excluding carboxylic acids is 1. The Hall–Kier alpha value is -2.33. The minimum absolute atomic E-state index is 0.0660. The number of hydrogen-bond donors (Lipinski definition) is 0. The highest BCUT2D eigenvalue weighted by Gasteiger charge is 2.30. The second-order valence-corrected chi connectivity index (χ2v) is 7.71. The molecule has 4 nitrogen and oxygen atoms in total. The van der Waals surface area contributed by atoms with Gasteiger partial charge in [-0.15, -0.1) is 0 Å². The van der Waals surface area contributed by atoms with Crippen molar-refractivity contribution in [3.63, 3.8) is 0 Å². The van der Waals surface area contributed by atoms with Crippen LogP contribution in [0.1, 0.15) is 32.8 Å². The van der Waals surface area contributed by atoms with Gasteiger partial charge in [0.05, 0.1) is 19.3 Å². The van der Waals surface area contributed by atoms with Crippen molar-refractivity contribution >= 4 is 6.09 Å². The monoisotopic (exact) mass is 353 g/mol. The van der Waals surface area contributed by atoms with Crippen LogP contribution in [-0.2, 0) is 16.1 Å². The summed E-state index contributed by atoms with van der Waals surface area (Å²) in [4.78, 5) is 13.8. The Bertz CT molecular complexity index is 719. The first-order chi connectivity index (χ1) is 12.4. The molecule has 4 heteroatoms. The first-order valence-electron chi connectivity index (χ1n) is 9.14. The maximum absolute atomic E-state index is 12.1. The summed E-state index contributed by atoms with van der Waals surface area (Å²) in [6.45, 7) is 7.49. The van der Waals surface area contributed by atoms with E-state index in [1.54, 1.807) is 4.90 Å². The summed E-state index contributed by atoms with van der Waals surface area (Å²) < 4.78 is 11.4. The van der Waals surface area contributed by atoms with Gasteiger partial charge in [-0.1, -0.05) is 54.6 Å². The van der Waals surface area contributed by atoms with Gasteiger partial charge < -0.3 is 14.4 Å². The van der Waals surface area contributed by atoms with E-state index in [1.807, 2.05) is 39.0 Å². The second kappa shape index (κ2) is 7.92. The van der Waals surface area contributed by atoms with Gasteiger partial charge in [0, 0.05) is 6.54 Å². The number of amides is 1. The highest BCUT2D eigenvalue weighted by molar-refractivity contribution is 5.68. The summed E-state index contributed by atoms with van der Waals surface area (Å²) in [5.41, 5.74) is 3.09. The standard InChI is InChI=1S/C22H27NO3/c1-22(2,3)26-21(24)23-14-13-20(15-23)25-16-17-9-11-19(12-10-17)18-7-5-4-6-8-18/h4-12,20H,13-16H2,1-3H3/t20-/m1/s1. The van der Waals surface area contributed by atoms with E-state index in [1.165, 1.54) is 11.1 Å². The molecule has 0 N–H and O–H groups in total. The molecule has 0 aliphatic carbocycles. The van der Waals surface area contributed by atoms with Gasteiger partial charge in [-0.25, -0.2) is 4.79 Å². The lowest BCUT2D eigenvalue weighted by molar-refractivity contribution is 0.0184. The Balaban J connectivity index is 1.48. The van der Waals surface area contributed by atoms with Crippen LogP contribution in [0.3, 0.4) is 0 Å². The molecule has 1 aliphatic heterocycles. The van der Waals surface area contributed by atoms with Gasteiger partial charge in [-0.2, -0.15) is 0 Å².